The molecule has 1 N–H and O–H groups in total. The molecule has 1 aliphatic rings. The van der Waals surface area contributed by atoms with Crippen molar-refractivity contribution in [3.63, 3.8) is 0 Å². The van der Waals surface area contributed by atoms with Gasteiger partial charge in [0.2, 0.25) is 0 Å². The molecule has 0 bridgehead atoms. The number of rotatable bonds is 3. The van der Waals surface area contributed by atoms with Gasteiger partial charge in [0.25, 0.3) is 0 Å². The predicted octanol–water partition coefficient (Wildman–Crippen LogP) is 1.44. The third-order valence-electron chi connectivity index (χ3n) is 2.92. The molecule has 0 spiro atoms. The van der Waals surface area contributed by atoms with Crippen LogP contribution in [0.2, 0.25) is 0 Å². The molecule has 1 unspecified atom stereocenters. The lowest BCUT2D eigenvalue weighted by Gasteiger charge is -2.20. The molecular weight excluding hydrogens is 202 g/mol. The maximum absolute atomic E-state index is 11.9. The van der Waals surface area contributed by atoms with E-state index in [0.29, 0.717) is 24.9 Å². The van der Waals surface area contributed by atoms with Gasteiger partial charge in [-0.25, -0.2) is 0 Å². The lowest BCUT2D eigenvalue weighted by atomic mass is 9.91. The van der Waals surface area contributed by atoms with E-state index in [9.17, 15) is 9.59 Å². The summed E-state index contributed by atoms with van der Waals surface area (Å²) < 4.78 is 0. The van der Waals surface area contributed by atoms with Crippen LogP contribution in [0.25, 0.3) is 0 Å². The van der Waals surface area contributed by atoms with Crippen molar-refractivity contribution in [3.8, 4) is 0 Å². The number of carbonyl (C=O) groups excluding carboxylic acids is 2. The molecule has 1 heterocycles. The molecule has 1 aromatic carbocycles. The summed E-state index contributed by atoms with van der Waals surface area (Å²) in [6, 6.07) is 9.15. The van der Waals surface area contributed by atoms with E-state index in [-0.39, 0.29) is 17.5 Å². The summed E-state index contributed by atoms with van der Waals surface area (Å²) in [5, 5.41) is 3.15. The zero-order valence-electron chi connectivity index (χ0n) is 9.11. The molecule has 1 atom stereocenters. The van der Waals surface area contributed by atoms with Crippen molar-refractivity contribution < 1.29 is 9.59 Å². The van der Waals surface area contributed by atoms with Crippen LogP contribution in [0.4, 0.5) is 0 Å². The molecule has 1 fully saturated rings. The highest BCUT2D eigenvalue weighted by atomic mass is 16.1. The highest BCUT2D eigenvalue weighted by Crippen LogP contribution is 2.14. The summed E-state index contributed by atoms with van der Waals surface area (Å²) >= 11 is 0. The minimum atomic E-state index is -0.138. The molecule has 0 radical (unpaired) electrons. The molecule has 1 aromatic rings. The van der Waals surface area contributed by atoms with E-state index in [0.717, 1.165) is 6.54 Å². The van der Waals surface area contributed by atoms with Crippen LogP contribution >= 0.6 is 0 Å². The van der Waals surface area contributed by atoms with Gasteiger partial charge in [-0.15, -0.1) is 0 Å². The molecule has 2 rings (SSSR count). The van der Waals surface area contributed by atoms with Gasteiger partial charge in [-0.05, 0) is 0 Å². The standard InChI is InChI=1S/C13H15NO2/c15-12-6-7-14-9-11(12)8-13(16)10-4-2-1-3-5-10/h1-5,11,14H,6-9H2. The number of piperidine rings is 1. The van der Waals surface area contributed by atoms with Gasteiger partial charge < -0.3 is 5.32 Å². The van der Waals surface area contributed by atoms with Crippen molar-refractivity contribution in [2.45, 2.75) is 12.8 Å². The van der Waals surface area contributed by atoms with Crippen molar-refractivity contribution in [2.24, 2.45) is 5.92 Å². The van der Waals surface area contributed by atoms with E-state index in [1.165, 1.54) is 0 Å². The molecule has 3 heteroatoms. The summed E-state index contributed by atoms with van der Waals surface area (Å²) in [6.07, 6.45) is 0.878. The van der Waals surface area contributed by atoms with Gasteiger partial charge in [0.15, 0.2) is 5.78 Å². The maximum atomic E-state index is 11.9. The van der Waals surface area contributed by atoms with Crippen LogP contribution in [-0.2, 0) is 4.79 Å². The summed E-state index contributed by atoms with van der Waals surface area (Å²) in [5.74, 6) is 0.132. The van der Waals surface area contributed by atoms with E-state index in [1.807, 2.05) is 18.2 Å². The summed E-state index contributed by atoms with van der Waals surface area (Å²) in [5.41, 5.74) is 0.695. The topological polar surface area (TPSA) is 46.2 Å². The first-order chi connectivity index (χ1) is 7.77. The summed E-state index contributed by atoms with van der Waals surface area (Å²) in [4.78, 5) is 23.4. The number of Topliss-reactive ketones (excluding diaryl/α,β-unsaturated/α-hetero) is 2. The second-order valence-electron chi connectivity index (χ2n) is 4.11. The van der Waals surface area contributed by atoms with Gasteiger partial charge in [-0.2, -0.15) is 0 Å². The van der Waals surface area contributed by atoms with E-state index in [1.54, 1.807) is 12.1 Å². The fraction of sp³-hybridized carbons (Fsp3) is 0.385. The molecule has 1 saturated heterocycles. The lowest BCUT2D eigenvalue weighted by molar-refractivity contribution is -0.123. The van der Waals surface area contributed by atoms with E-state index in [2.05, 4.69) is 5.32 Å². The third-order valence-corrected chi connectivity index (χ3v) is 2.92. The highest BCUT2D eigenvalue weighted by molar-refractivity contribution is 5.99. The average Bonchev–Trinajstić information content (AvgIpc) is 2.33. The molecule has 84 valence electrons. The zero-order chi connectivity index (χ0) is 11.4. The Balaban J connectivity index is 1.99. The van der Waals surface area contributed by atoms with Crippen molar-refractivity contribution in [2.75, 3.05) is 13.1 Å². The molecule has 0 saturated carbocycles. The fourth-order valence-corrected chi connectivity index (χ4v) is 1.96. The van der Waals surface area contributed by atoms with E-state index >= 15 is 0 Å². The van der Waals surface area contributed by atoms with Crippen LogP contribution in [0.1, 0.15) is 23.2 Å². The number of benzene rings is 1. The van der Waals surface area contributed by atoms with Crippen LogP contribution in [0.15, 0.2) is 30.3 Å². The Kier molecular flexibility index (Phi) is 3.47. The largest absolute Gasteiger partial charge is 0.316 e. The molecule has 16 heavy (non-hydrogen) atoms. The quantitative estimate of drug-likeness (QED) is 0.779. The molecule has 0 aliphatic carbocycles. The second-order valence-corrected chi connectivity index (χ2v) is 4.11. The first-order valence-electron chi connectivity index (χ1n) is 5.59. The highest BCUT2D eigenvalue weighted by Gasteiger charge is 2.24. The Morgan fingerprint density at radius 1 is 1.31 bits per heavy atom. The summed E-state index contributed by atoms with van der Waals surface area (Å²) in [7, 11) is 0. The van der Waals surface area contributed by atoms with Gasteiger partial charge in [0.1, 0.15) is 5.78 Å². The smallest absolute Gasteiger partial charge is 0.163 e. The molecule has 1 aliphatic heterocycles. The number of nitrogens with one attached hydrogen (secondary N) is 1. The Labute approximate surface area is 94.9 Å². The number of hydrogen-bond acceptors (Lipinski definition) is 3. The van der Waals surface area contributed by atoms with Crippen LogP contribution in [0.3, 0.4) is 0 Å². The molecule has 0 aromatic heterocycles. The van der Waals surface area contributed by atoms with Crippen molar-refractivity contribution in [1.82, 2.24) is 5.32 Å². The first-order valence-corrected chi connectivity index (χ1v) is 5.59. The molecule has 3 nitrogen and oxygen atoms in total. The molecular formula is C13H15NO2. The Bertz CT molecular complexity index is 386. The lowest BCUT2D eigenvalue weighted by Crippen LogP contribution is -2.37. The zero-order valence-corrected chi connectivity index (χ0v) is 9.11. The van der Waals surface area contributed by atoms with Gasteiger partial charge in [-0.3, -0.25) is 9.59 Å². The van der Waals surface area contributed by atoms with Gasteiger partial charge in [-0.1, -0.05) is 30.3 Å². The van der Waals surface area contributed by atoms with Crippen molar-refractivity contribution in [3.05, 3.63) is 35.9 Å². The Morgan fingerprint density at radius 2 is 2.06 bits per heavy atom. The van der Waals surface area contributed by atoms with E-state index < -0.39 is 0 Å². The monoisotopic (exact) mass is 217 g/mol. The van der Waals surface area contributed by atoms with E-state index in [4.69, 9.17) is 0 Å². The predicted molar refractivity (Wildman–Crippen MR) is 61.4 cm³/mol. The fourth-order valence-electron chi connectivity index (χ4n) is 1.96. The van der Waals surface area contributed by atoms with Crippen molar-refractivity contribution in [1.29, 1.82) is 0 Å². The third kappa shape index (κ3) is 2.55. The normalized spacial score (nSPS) is 20.8. The maximum Gasteiger partial charge on any atom is 0.163 e. The Hall–Kier alpha value is -1.48. The van der Waals surface area contributed by atoms with Gasteiger partial charge in [0, 0.05) is 37.4 Å². The van der Waals surface area contributed by atoms with Crippen LogP contribution < -0.4 is 5.32 Å². The first kappa shape index (κ1) is 11.0. The number of hydrogen-bond donors (Lipinski definition) is 1. The number of carbonyl (C=O) groups is 2. The minimum Gasteiger partial charge on any atom is -0.316 e. The minimum absolute atomic E-state index is 0.0580. The van der Waals surface area contributed by atoms with Crippen LogP contribution in [0.5, 0.6) is 0 Å². The van der Waals surface area contributed by atoms with Gasteiger partial charge >= 0.3 is 0 Å². The van der Waals surface area contributed by atoms with Crippen LogP contribution in [-0.4, -0.2) is 24.7 Å². The number of ketones is 2. The van der Waals surface area contributed by atoms with Crippen LogP contribution in [0, 0.1) is 5.92 Å². The SMILES string of the molecule is O=C(CC1CNCCC1=O)c1ccccc1. The molecule has 0 amide bonds. The average molecular weight is 217 g/mol. The van der Waals surface area contributed by atoms with Crippen molar-refractivity contribution >= 4 is 11.6 Å². The summed E-state index contributed by atoms with van der Waals surface area (Å²) in [6.45, 7) is 1.38. The Morgan fingerprint density at radius 3 is 2.75 bits per heavy atom. The van der Waals surface area contributed by atoms with Gasteiger partial charge in [0.05, 0.1) is 0 Å². The second kappa shape index (κ2) is 5.03.